The van der Waals surface area contributed by atoms with Gasteiger partial charge in [-0.15, -0.1) is 0 Å². The summed E-state index contributed by atoms with van der Waals surface area (Å²) in [5.41, 5.74) is -1.11. The fourth-order valence-corrected chi connectivity index (χ4v) is 3.69. The lowest BCUT2D eigenvalue weighted by atomic mass is 9.87. The molecule has 0 amide bonds. The zero-order valence-corrected chi connectivity index (χ0v) is 18.1. The molecule has 36 heavy (non-hydrogen) atoms. The summed E-state index contributed by atoms with van der Waals surface area (Å²) >= 11 is 0. The lowest BCUT2D eigenvalue weighted by Crippen LogP contribution is -2.16. The molecule has 0 fully saturated rings. The molecular weight excluding hydrogens is 503 g/mol. The van der Waals surface area contributed by atoms with Gasteiger partial charge in [0.1, 0.15) is 0 Å². The van der Waals surface area contributed by atoms with Gasteiger partial charge in [0.15, 0.2) is 0 Å². The van der Waals surface area contributed by atoms with Crippen molar-refractivity contribution >= 4 is 5.97 Å². The molecule has 11 heteroatoms. The van der Waals surface area contributed by atoms with Gasteiger partial charge in [-0.25, -0.2) is 0 Å². The van der Waals surface area contributed by atoms with Gasteiger partial charge in [-0.05, 0) is 64.6 Å². The number of aliphatic carboxylic acids is 1. The monoisotopic (exact) mass is 520 g/mol. The first-order chi connectivity index (χ1) is 16.6. The van der Waals surface area contributed by atoms with Gasteiger partial charge in [-0.2, -0.15) is 39.5 Å². The van der Waals surface area contributed by atoms with Crippen molar-refractivity contribution in [2.45, 2.75) is 37.3 Å². The number of benzene rings is 3. The van der Waals surface area contributed by atoms with Crippen LogP contribution in [0.4, 0.5) is 39.5 Å². The molecule has 0 aliphatic heterocycles. The second-order valence-corrected chi connectivity index (χ2v) is 8.00. The van der Waals surface area contributed by atoms with Crippen LogP contribution >= 0.6 is 0 Å². The van der Waals surface area contributed by atoms with Crippen LogP contribution in [0.25, 0.3) is 22.3 Å². The molecule has 0 saturated carbocycles. The number of halogens is 9. The fourth-order valence-electron chi connectivity index (χ4n) is 3.69. The van der Waals surface area contributed by atoms with Crippen LogP contribution in [-0.4, -0.2) is 17.3 Å². The predicted molar refractivity (Wildman–Crippen MR) is 113 cm³/mol. The maximum atomic E-state index is 13.0. The van der Waals surface area contributed by atoms with Crippen LogP contribution in [0.1, 0.15) is 35.4 Å². The summed E-state index contributed by atoms with van der Waals surface area (Å²) in [6.07, 6.45) is -16.0. The maximum absolute atomic E-state index is 13.0. The van der Waals surface area contributed by atoms with E-state index in [1.807, 2.05) is 0 Å². The van der Waals surface area contributed by atoms with Crippen LogP contribution in [0.3, 0.4) is 0 Å². The number of carboxylic acids is 1. The van der Waals surface area contributed by atoms with E-state index >= 15 is 0 Å². The second kappa shape index (κ2) is 9.87. The molecule has 3 aromatic rings. The van der Waals surface area contributed by atoms with Crippen LogP contribution in [0.15, 0.2) is 66.7 Å². The van der Waals surface area contributed by atoms with Gasteiger partial charge in [-0.3, -0.25) is 4.79 Å². The molecule has 0 aliphatic rings. The van der Waals surface area contributed by atoms with Gasteiger partial charge in [0, 0.05) is 6.42 Å². The van der Waals surface area contributed by atoms with E-state index in [2.05, 4.69) is 0 Å². The van der Waals surface area contributed by atoms with Crippen LogP contribution in [0.2, 0.25) is 0 Å². The summed E-state index contributed by atoms with van der Waals surface area (Å²) < 4.78 is 116. The van der Waals surface area contributed by atoms with Gasteiger partial charge in [0.05, 0.1) is 17.0 Å². The Morgan fingerprint density at radius 3 is 1.50 bits per heavy atom. The zero-order valence-electron chi connectivity index (χ0n) is 18.1. The van der Waals surface area contributed by atoms with E-state index in [-0.39, 0.29) is 27.8 Å². The van der Waals surface area contributed by atoms with Crippen LogP contribution < -0.4 is 0 Å². The molecule has 0 heterocycles. The van der Waals surface area contributed by atoms with Crippen molar-refractivity contribution in [3.63, 3.8) is 0 Å². The fraction of sp³-hybridized carbons (Fsp3) is 0.240. The Hall–Kier alpha value is -3.50. The summed E-state index contributed by atoms with van der Waals surface area (Å²) in [6, 6.07) is 11.5. The van der Waals surface area contributed by atoms with Crippen molar-refractivity contribution in [2.75, 3.05) is 0 Å². The maximum Gasteiger partial charge on any atom is 0.416 e. The number of alkyl halides is 9. The lowest BCUT2D eigenvalue weighted by Gasteiger charge is -2.18. The summed E-state index contributed by atoms with van der Waals surface area (Å²) in [5, 5.41) is 9.51. The minimum absolute atomic E-state index is 0.0303. The Balaban J connectivity index is 2.13. The first-order valence-electron chi connectivity index (χ1n) is 10.3. The van der Waals surface area contributed by atoms with E-state index in [0.717, 1.165) is 48.5 Å². The number of hydrogen-bond acceptors (Lipinski definition) is 1. The van der Waals surface area contributed by atoms with Crippen molar-refractivity contribution in [3.8, 4) is 22.3 Å². The van der Waals surface area contributed by atoms with E-state index in [1.165, 1.54) is 18.2 Å². The predicted octanol–water partition coefficient (Wildman–Crippen LogP) is 8.57. The quantitative estimate of drug-likeness (QED) is 0.331. The SMILES string of the molecule is O=C(O)C(CCC(F)(F)F)c1ccc(-c2ccc(C(F)(F)F)cc2)c(-c2ccc(C(F)(F)F)cc2)c1. The third kappa shape index (κ3) is 6.58. The molecule has 1 unspecified atom stereocenters. The largest absolute Gasteiger partial charge is 0.481 e. The molecule has 1 atom stereocenters. The van der Waals surface area contributed by atoms with Gasteiger partial charge < -0.3 is 5.11 Å². The minimum Gasteiger partial charge on any atom is -0.481 e. The molecule has 0 aromatic heterocycles. The number of carbonyl (C=O) groups is 1. The normalized spacial score (nSPS) is 13.5. The van der Waals surface area contributed by atoms with E-state index in [1.54, 1.807) is 0 Å². The highest BCUT2D eigenvalue weighted by Gasteiger charge is 2.33. The Bertz CT molecular complexity index is 1210. The number of rotatable bonds is 6. The second-order valence-electron chi connectivity index (χ2n) is 8.00. The van der Waals surface area contributed by atoms with Crippen molar-refractivity contribution in [2.24, 2.45) is 0 Å². The third-order valence-corrected chi connectivity index (χ3v) is 5.51. The molecule has 192 valence electrons. The standard InChI is InChI=1S/C25H17F9O2/c26-23(27,28)12-11-20(22(35)36)16-5-10-19(14-1-6-17(7-2-14)24(29,30)31)21(13-16)15-3-8-18(9-4-15)25(32,33)34/h1-10,13,20H,11-12H2,(H,35,36). The minimum atomic E-state index is -4.64. The topological polar surface area (TPSA) is 37.3 Å². The molecule has 0 bridgehead atoms. The highest BCUT2D eigenvalue weighted by atomic mass is 19.4. The lowest BCUT2D eigenvalue weighted by molar-refractivity contribution is -0.145. The molecule has 3 aromatic carbocycles. The smallest absolute Gasteiger partial charge is 0.416 e. The van der Waals surface area contributed by atoms with E-state index in [9.17, 15) is 49.4 Å². The Kier molecular flexibility index (Phi) is 7.42. The van der Waals surface area contributed by atoms with Crippen LogP contribution in [0, 0.1) is 0 Å². The Labute approximate surface area is 199 Å². The van der Waals surface area contributed by atoms with Gasteiger partial charge in [-0.1, -0.05) is 36.4 Å². The molecule has 0 aliphatic carbocycles. The van der Waals surface area contributed by atoms with Crippen LogP contribution in [0.5, 0.6) is 0 Å². The number of hydrogen-bond donors (Lipinski definition) is 1. The molecule has 0 saturated heterocycles. The molecule has 0 radical (unpaired) electrons. The van der Waals surface area contributed by atoms with Gasteiger partial charge >= 0.3 is 24.5 Å². The molecular formula is C25H17F9O2. The highest BCUT2D eigenvalue weighted by molar-refractivity contribution is 5.86. The van der Waals surface area contributed by atoms with Crippen molar-refractivity contribution in [3.05, 3.63) is 83.4 Å². The first-order valence-corrected chi connectivity index (χ1v) is 10.3. The third-order valence-electron chi connectivity index (χ3n) is 5.51. The number of carboxylic acid groups (broad SMARTS) is 1. The molecule has 2 nitrogen and oxygen atoms in total. The zero-order chi connectivity index (χ0) is 26.9. The Morgan fingerprint density at radius 2 is 1.11 bits per heavy atom. The van der Waals surface area contributed by atoms with Crippen molar-refractivity contribution in [1.82, 2.24) is 0 Å². The summed E-state index contributed by atoms with van der Waals surface area (Å²) in [5.74, 6) is -3.10. The van der Waals surface area contributed by atoms with Crippen molar-refractivity contribution in [1.29, 1.82) is 0 Å². The first kappa shape index (κ1) is 27.1. The molecule has 3 rings (SSSR count). The summed E-state index contributed by atoms with van der Waals surface area (Å²) in [7, 11) is 0. The van der Waals surface area contributed by atoms with Gasteiger partial charge in [0.25, 0.3) is 0 Å². The van der Waals surface area contributed by atoms with Crippen LogP contribution in [-0.2, 0) is 17.1 Å². The highest BCUT2D eigenvalue weighted by Crippen LogP contribution is 2.39. The van der Waals surface area contributed by atoms with Crippen molar-refractivity contribution < 1.29 is 49.4 Å². The molecule has 0 spiro atoms. The average Bonchev–Trinajstić information content (AvgIpc) is 2.77. The summed E-state index contributed by atoms with van der Waals surface area (Å²) in [4.78, 5) is 11.7. The summed E-state index contributed by atoms with van der Waals surface area (Å²) in [6.45, 7) is 0. The van der Waals surface area contributed by atoms with Gasteiger partial charge in [0.2, 0.25) is 0 Å². The Morgan fingerprint density at radius 1 is 0.667 bits per heavy atom. The molecule has 1 N–H and O–H groups in total. The van der Waals surface area contributed by atoms with E-state index < -0.39 is 54.4 Å². The van der Waals surface area contributed by atoms with E-state index in [4.69, 9.17) is 0 Å². The van der Waals surface area contributed by atoms with E-state index in [0.29, 0.717) is 0 Å². The average molecular weight is 520 g/mol.